The Balaban J connectivity index is 1.76. The molecule has 8 heteroatoms. The van der Waals surface area contributed by atoms with E-state index in [1.807, 2.05) is 0 Å². The van der Waals surface area contributed by atoms with Crippen LogP contribution < -0.4 is 4.74 Å². The Morgan fingerprint density at radius 2 is 2.09 bits per heavy atom. The fourth-order valence-corrected chi connectivity index (χ4v) is 4.00. The molecule has 23 heavy (non-hydrogen) atoms. The third-order valence-corrected chi connectivity index (χ3v) is 5.44. The topological polar surface area (TPSA) is 59.5 Å². The Bertz CT molecular complexity index is 800. The van der Waals surface area contributed by atoms with E-state index in [0.29, 0.717) is 18.2 Å². The molecule has 1 saturated heterocycles. The number of aromatic nitrogens is 1. The van der Waals surface area contributed by atoms with E-state index in [1.165, 1.54) is 6.20 Å². The normalized spacial score (nSPS) is 19.0. The van der Waals surface area contributed by atoms with Gasteiger partial charge in [0.25, 0.3) is 0 Å². The maximum Gasteiger partial charge on any atom is 0.246 e. The van der Waals surface area contributed by atoms with Crippen molar-refractivity contribution in [3.63, 3.8) is 0 Å². The lowest BCUT2D eigenvalue weighted by Gasteiger charge is -2.17. The zero-order chi connectivity index (χ0) is 16.4. The van der Waals surface area contributed by atoms with Crippen LogP contribution in [-0.4, -0.2) is 36.9 Å². The van der Waals surface area contributed by atoms with E-state index >= 15 is 0 Å². The molecule has 0 saturated carbocycles. The van der Waals surface area contributed by atoms with Gasteiger partial charge in [-0.2, -0.15) is 4.31 Å². The second-order valence-corrected chi connectivity index (χ2v) is 7.06. The molecule has 0 bridgehead atoms. The second kappa shape index (κ2) is 6.21. The second-order valence-electron chi connectivity index (χ2n) is 5.16. The van der Waals surface area contributed by atoms with Crippen LogP contribution in [0.4, 0.5) is 8.78 Å². The number of rotatable bonds is 4. The van der Waals surface area contributed by atoms with E-state index in [1.54, 1.807) is 18.3 Å². The Morgan fingerprint density at radius 1 is 1.26 bits per heavy atom. The number of nitrogens with zero attached hydrogens (tertiary/aromatic N) is 2. The lowest BCUT2D eigenvalue weighted by Crippen LogP contribution is -2.31. The maximum absolute atomic E-state index is 13.8. The van der Waals surface area contributed by atoms with Gasteiger partial charge in [0.2, 0.25) is 10.0 Å². The number of benzene rings is 1. The molecule has 5 nitrogen and oxygen atoms in total. The molecule has 2 aromatic rings. The predicted molar refractivity (Wildman–Crippen MR) is 78.4 cm³/mol. The largest absolute Gasteiger partial charge is 0.487 e. The van der Waals surface area contributed by atoms with E-state index in [-0.39, 0.29) is 19.2 Å². The van der Waals surface area contributed by atoms with Crippen LogP contribution >= 0.6 is 0 Å². The average molecular weight is 340 g/mol. The Hall–Kier alpha value is -2.06. The zero-order valence-corrected chi connectivity index (χ0v) is 12.8. The van der Waals surface area contributed by atoms with Gasteiger partial charge in [-0.3, -0.25) is 4.98 Å². The van der Waals surface area contributed by atoms with Gasteiger partial charge in [-0.15, -0.1) is 0 Å². The van der Waals surface area contributed by atoms with Crippen LogP contribution in [0.3, 0.4) is 0 Å². The van der Waals surface area contributed by atoms with Crippen molar-refractivity contribution < 1.29 is 21.9 Å². The van der Waals surface area contributed by atoms with Crippen LogP contribution in [-0.2, 0) is 10.0 Å². The van der Waals surface area contributed by atoms with Crippen LogP contribution in [0.1, 0.15) is 6.42 Å². The molecule has 0 N–H and O–H groups in total. The minimum Gasteiger partial charge on any atom is -0.487 e. The molecular formula is C15H14F2N2O3S. The van der Waals surface area contributed by atoms with E-state index in [4.69, 9.17) is 4.74 Å². The lowest BCUT2D eigenvalue weighted by molar-refractivity contribution is 0.214. The van der Waals surface area contributed by atoms with Crippen molar-refractivity contribution in [2.45, 2.75) is 17.4 Å². The Kier molecular flexibility index (Phi) is 4.27. The van der Waals surface area contributed by atoms with Crippen molar-refractivity contribution >= 4 is 10.0 Å². The summed E-state index contributed by atoms with van der Waals surface area (Å²) in [6, 6.07) is 5.81. The van der Waals surface area contributed by atoms with E-state index in [9.17, 15) is 17.2 Å². The molecule has 1 aliphatic heterocycles. The van der Waals surface area contributed by atoms with Gasteiger partial charge in [0.05, 0.1) is 12.7 Å². The number of halogens is 2. The Morgan fingerprint density at radius 3 is 2.83 bits per heavy atom. The lowest BCUT2D eigenvalue weighted by atomic mass is 10.3. The average Bonchev–Trinajstić information content (AvgIpc) is 3.00. The smallest absolute Gasteiger partial charge is 0.246 e. The quantitative estimate of drug-likeness (QED) is 0.856. The molecule has 0 radical (unpaired) electrons. The van der Waals surface area contributed by atoms with E-state index in [0.717, 1.165) is 16.4 Å². The first kappa shape index (κ1) is 15.8. The summed E-state index contributed by atoms with van der Waals surface area (Å²) in [7, 11) is -4.09. The highest BCUT2D eigenvalue weighted by molar-refractivity contribution is 7.89. The summed E-state index contributed by atoms with van der Waals surface area (Å²) in [5.41, 5.74) is 0. The molecule has 1 atom stereocenters. The van der Waals surface area contributed by atoms with Crippen molar-refractivity contribution in [3.8, 4) is 5.75 Å². The van der Waals surface area contributed by atoms with E-state index in [2.05, 4.69) is 4.98 Å². The van der Waals surface area contributed by atoms with Crippen molar-refractivity contribution in [1.29, 1.82) is 0 Å². The SMILES string of the molecule is O=S(=O)(c1cc(F)ccc1F)N1CCC(Oc2cccnc2)C1. The van der Waals surface area contributed by atoms with Gasteiger partial charge in [-0.05, 0) is 36.8 Å². The van der Waals surface area contributed by atoms with Gasteiger partial charge in [0.15, 0.2) is 0 Å². The summed E-state index contributed by atoms with van der Waals surface area (Å²) in [6.07, 6.45) is 3.24. The number of hydrogen-bond acceptors (Lipinski definition) is 4. The summed E-state index contributed by atoms with van der Waals surface area (Å²) < 4.78 is 58.7. The molecule has 0 amide bonds. The summed E-state index contributed by atoms with van der Waals surface area (Å²) in [5, 5.41) is 0. The van der Waals surface area contributed by atoms with Crippen molar-refractivity contribution in [3.05, 3.63) is 54.4 Å². The summed E-state index contributed by atoms with van der Waals surface area (Å²) >= 11 is 0. The summed E-state index contributed by atoms with van der Waals surface area (Å²) in [5.74, 6) is -1.23. The van der Waals surface area contributed by atoms with Gasteiger partial charge >= 0.3 is 0 Å². The van der Waals surface area contributed by atoms with Crippen LogP contribution in [0, 0.1) is 11.6 Å². The number of sulfonamides is 1. The van der Waals surface area contributed by atoms with Crippen molar-refractivity contribution in [2.24, 2.45) is 0 Å². The molecule has 1 fully saturated rings. The number of ether oxygens (including phenoxy) is 1. The molecule has 1 aromatic carbocycles. The molecule has 1 aliphatic rings. The monoisotopic (exact) mass is 340 g/mol. The molecule has 0 aliphatic carbocycles. The fourth-order valence-electron chi connectivity index (χ4n) is 2.44. The van der Waals surface area contributed by atoms with Gasteiger partial charge in [-0.25, -0.2) is 17.2 Å². The first-order valence-electron chi connectivity index (χ1n) is 6.99. The molecule has 1 unspecified atom stereocenters. The molecule has 1 aromatic heterocycles. The third-order valence-electron chi connectivity index (χ3n) is 3.56. The third kappa shape index (κ3) is 3.32. The summed E-state index contributed by atoms with van der Waals surface area (Å²) in [6.45, 7) is 0.260. The number of hydrogen-bond donors (Lipinski definition) is 0. The van der Waals surface area contributed by atoms with Crippen LogP contribution in [0.25, 0.3) is 0 Å². The summed E-state index contributed by atoms with van der Waals surface area (Å²) in [4.78, 5) is 3.26. The molecule has 2 heterocycles. The first-order chi connectivity index (χ1) is 11.0. The molecule has 3 rings (SSSR count). The van der Waals surface area contributed by atoms with Crippen molar-refractivity contribution in [2.75, 3.05) is 13.1 Å². The molecular weight excluding hydrogens is 326 g/mol. The predicted octanol–water partition coefficient (Wildman–Crippen LogP) is 2.20. The van der Waals surface area contributed by atoms with Gasteiger partial charge < -0.3 is 4.74 Å². The van der Waals surface area contributed by atoms with Gasteiger partial charge in [0.1, 0.15) is 28.4 Å². The standard InChI is InChI=1S/C15H14F2N2O3S/c16-11-3-4-14(17)15(8-11)23(20,21)19-7-5-13(10-19)22-12-2-1-6-18-9-12/h1-4,6,8-9,13H,5,7,10H2. The van der Waals surface area contributed by atoms with Crippen LogP contribution in [0.2, 0.25) is 0 Å². The first-order valence-corrected chi connectivity index (χ1v) is 8.43. The molecule has 0 spiro atoms. The van der Waals surface area contributed by atoms with Crippen LogP contribution in [0.15, 0.2) is 47.6 Å². The van der Waals surface area contributed by atoms with Crippen molar-refractivity contribution in [1.82, 2.24) is 9.29 Å². The number of pyridine rings is 1. The highest BCUT2D eigenvalue weighted by Gasteiger charge is 2.35. The van der Waals surface area contributed by atoms with E-state index < -0.39 is 26.6 Å². The molecule has 122 valence electrons. The fraction of sp³-hybridized carbons (Fsp3) is 0.267. The van der Waals surface area contributed by atoms with Crippen LogP contribution in [0.5, 0.6) is 5.75 Å². The van der Waals surface area contributed by atoms with Gasteiger partial charge in [-0.1, -0.05) is 0 Å². The minimum absolute atomic E-state index is 0.0766. The van der Waals surface area contributed by atoms with Gasteiger partial charge in [0, 0.05) is 12.7 Å². The highest BCUT2D eigenvalue weighted by atomic mass is 32.2. The zero-order valence-electron chi connectivity index (χ0n) is 12.0. The minimum atomic E-state index is -4.09. The maximum atomic E-state index is 13.8. The highest BCUT2D eigenvalue weighted by Crippen LogP contribution is 2.25. The Labute approximate surface area is 132 Å².